The van der Waals surface area contributed by atoms with Crippen LogP contribution < -0.4 is 15.8 Å². The number of ether oxygens (including phenoxy) is 1. The van der Waals surface area contributed by atoms with Gasteiger partial charge in [0.25, 0.3) is 5.91 Å². The molecule has 104 valence electrons. The number of phenolic OH excluding ortho intramolecular Hbond substituents is 1. The first kappa shape index (κ1) is 14.2. The number of hydrogen-bond acceptors (Lipinski definition) is 4. The van der Waals surface area contributed by atoms with Crippen LogP contribution in [0.3, 0.4) is 0 Å². The van der Waals surface area contributed by atoms with Crippen molar-refractivity contribution in [2.75, 3.05) is 18.2 Å². The third-order valence-electron chi connectivity index (χ3n) is 2.70. The monoisotopic (exact) mass is 336 g/mol. The average Bonchev–Trinajstić information content (AvgIpc) is 2.42. The fraction of sp³-hybridized carbons (Fsp3) is 0.0714. The first-order valence-electron chi connectivity index (χ1n) is 5.75. The molecule has 0 heterocycles. The van der Waals surface area contributed by atoms with E-state index in [-0.39, 0.29) is 17.1 Å². The summed E-state index contributed by atoms with van der Waals surface area (Å²) in [4.78, 5) is 12.2. The second-order valence-corrected chi connectivity index (χ2v) is 4.90. The summed E-state index contributed by atoms with van der Waals surface area (Å²) in [7, 11) is 1.42. The van der Waals surface area contributed by atoms with Gasteiger partial charge in [-0.2, -0.15) is 0 Å². The molecule has 0 spiro atoms. The summed E-state index contributed by atoms with van der Waals surface area (Å²) in [6.45, 7) is 0. The summed E-state index contributed by atoms with van der Waals surface area (Å²) < 4.78 is 5.63. The Labute approximate surface area is 124 Å². The summed E-state index contributed by atoms with van der Waals surface area (Å²) in [5.41, 5.74) is 6.91. The number of anilines is 2. The zero-order chi connectivity index (χ0) is 14.7. The number of halogens is 1. The number of hydrogen-bond donors (Lipinski definition) is 3. The highest BCUT2D eigenvalue weighted by molar-refractivity contribution is 9.10. The number of phenols is 1. The van der Waals surface area contributed by atoms with Gasteiger partial charge in [0, 0.05) is 10.2 Å². The van der Waals surface area contributed by atoms with Gasteiger partial charge in [-0.3, -0.25) is 4.79 Å². The fourth-order valence-corrected chi connectivity index (χ4v) is 2.19. The van der Waals surface area contributed by atoms with E-state index in [1.54, 1.807) is 30.3 Å². The normalized spacial score (nSPS) is 10.1. The Morgan fingerprint density at radius 2 is 2.10 bits per heavy atom. The van der Waals surface area contributed by atoms with Crippen molar-refractivity contribution in [3.05, 3.63) is 46.4 Å². The number of aromatic hydroxyl groups is 1. The van der Waals surface area contributed by atoms with Crippen molar-refractivity contribution in [3.63, 3.8) is 0 Å². The third kappa shape index (κ3) is 2.85. The molecule has 2 aromatic rings. The molecular formula is C14H13BrN2O3. The Morgan fingerprint density at radius 3 is 2.75 bits per heavy atom. The van der Waals surface area contributed by atoms with E-state index in [4.69, 9.17) is 10.5 Å². The minimum absolute atomic E-state index is 0.132. The molecular weight excluding hydrogens is 324 g/mol. The predicted octanol–water partition coefficient (Wildman–Crippen LogP) is 3.00. The summed E-state index contributed by atoms with van der Waals surface area (Å²) in [6.07, 6.45) is 0. The Morgan fingerprint density at radius 1 is 1.35 bits per heavy atom. The highest BCUT2D eigenvalue weighted by atomic mass is 79.9. The number of carbonyl (C=O) groups excluding carboxylic acids is 1. The number of nitrogens with one attached hydrogen (secondary N) is 1. The van der Waals surface area contributed by atoms with E-state index in [9.17, 15) is 9.90 Å². The number of methoxy groups -OCH3 is 1. The second-order valence-electron chi connectivity index (χ2n) is 4.05. The lowest BCUT2D eigenvalue weighted by Crippen LogP contribution is -2.12. The van der Waals surface area contributed by atoms with E-state index in [0.29, 0.717) is 15.8 Å². The zero-order valence-corrected chi connectivity index (χ0v) is 12.3. The van der Waals surface area contributed by atoms with Crippen molar-refractivity contribution in [2.45, 2.75) is 0 Å². The van der Waals surface area contributed by atoms with Crippen LogP contribution in [-0.4, -0.2) is 18.1 Å². The molecule has 4 N–H and O–H groups in total. The van der Waals surface area contributed by atoms with E-state index < -0.39 is 5.91 Å². The molecule has 0 saturated carbocycles. The van der Waals surface area contributed by atoms with Gasteiger partial charge in [-0.25, -0.2) is 0 Å². The molecule has 0 fully saturated rings. The molecule has 0 aliphatic carbocycles. The molecule has 0 aromatic heterocycles. The molecule has 0 aliphatic heterocycles. The zero-order valence-electron chi connectivity index (χ0n) is 10.7. The van der Waals surface area contributed by atoms with Crippen LogP contribution in [0.2, 0.25) is 0 Å². The predicted molar refractivity (Wildman–Crippen MR) is 81.2 cm³/mol. The van der Waals surface area contributed by atoms with Gasteiger partial charge in [-0.05, 0) is 46.3 Å². The van der Waals surface area contributed by atoms with Crippen LogP contribution in [0.15, 0.2) is 40.9 Å². The van der Waals surface area contributed by atoms with Gasteiger partial charge in [0.15, 0.2) is 11.5 Å². The fourth-order valence-electron chi connectivity index (χ4n) is 1.69. The lowest BCUT2D eigenvalue weighted by Gasteiger charge is -2.11. The Bertz CT molecular complexity index is 659. The van der Waals surface area contributed by atoms with Gasteiger partial charge in [0.1, 0.15) is 0 Å². The number of carbonyl (C=O) groups is 1. The molecule has 0 radical (unpaired) electrons. The molecule has 1 amide bonds. The van der Waals surface area contributed by atoms with E-state index in [2.05, 4.69) is 21.2 Å². The minimum Gasteiger partial charge on any atom is -0.504 e. The van der Waals surface area contributed by atoms with Crippen molar-refractivity contribution in [2.24, 2.45) is 0 Å². The smallest absolute Gasteiger partial charge is 0.259 e. The second kappa shape index (κ2) is 5.83. The van der Waals surface area contributed by atoms with Gasteiger partial charge >= 0.3 is 0 Å². The van der Waals surface area contributed by atoms with Crippen molar-refractivity contribution in [1.29, 1.82) is 0 Å². The molecule has 6 heteroatoms. The molecule has 20 heavy (non-hydrogen) atoms. The highest BCUT2D eigenvalue weighted by Gasteiger charge is 2.15. The van der Waals surface area contributed by atoms with Crippen LogP contribution in [0.5, 0.6) is 11.5 Å². The maximum absolute atomic E-state index is 12.2. The third-order valence-corrected chi connectivity index (χ3v) is 3.36. The molecule has 0 saturated heterocycles. The number of nitrogen functional groups attached to an aromatic ring is 1. The molecule has 5 nitrogen and oxygen atoms in total. The van der Waals surface area contributed by atoms with Gasteiger partial charge < -0.3 is 20.9 Å². The van der Waals surface area contributed by atoms with Gasteiger partial charge in [0.05, 0.1) is 18.4 Å². The van der Waals surface area contributed by atoms with Crippen LogP contribution in [0.25, 0.3) is 0 Å². The number of para-hydroxylation sites is 1. The number of amides is 1. The summed E-state index contributed by atoms with van der Waals surface area (Å²) in [5.74, 6) is -0.389. The molecule has 0 aliphatic rings. The SMILES string of the molecule is COc1cccc(C(=O)Nc2ccc(N)cc2Br)c1O. The van der Waals surface area contributed by atoms with Gasteiger partial charge in [0.2, 0.25) is 0 Å². The molecule has 2 rings (SSSR count). The van der Waals surface area contributed by atoms with Gasteiger partial charge in [-0.1, -0.05) is 6.07 Å². The van der Waals surface area contributed by atoms with Crippen LogP contribution in [0.1, 0.15) is 10.4 Å². The van der Waals surface area contributed by atoms with Crippen LogP contribution in [0, 0.1) is 0 Å². The highest BCUT2D eigenvalue weighted by Crippen LogP contribution is 2.31. The van der Waals surface area contributed by atoms with Crippen LogP contribution in [-0.2, 0) is 0 Å². The number of rotatable bonds is 3. The largest absolute Gasteiger partial charge is 0.504 e. The van der Waals surface area contributed by atoms with E-state index in [1.807, 2.05) is 0 Å². The lowest BCUT2D eigenvalue weighted by molar-refractivity contribution is 0.102. The standard InChI is InChI=1S/C14H13BrN2O3/c1-20-12-4-2-3-9(13(12)18)14(19)17-11-6-5-8(16)7-10(11)15/h2-7,18H,16H2,1H3,(H,17,19). The number of benzene rings is 2. The minimum atomic E-state index is -0.438. The van der Waals surface area contributed by atoms with Crippen LogP contribution in [0.4, 0.5) is 11.4 Å². The van der Waals surface area contributed by atoms with Crippen molar-refractivity contribution < 1.29 is 14.6 Å². The van der Waals surface area contributed by atoms with E-state index in [1.165, 1.54) is 13.2 Å². The van der Waals surface area contributed by atoms with Crippen LogP contribution >= 0.6 is 15.9 Å². The Kier molecular flexibility index (Phi) is 4.14. The van der Waals surface area contributed by atoms with Gasteiger partial charge in [-0.15, -0.1) is 0 Å². The van der Waals surface area contributed by atoms with Crippen molar-refractivity contribution in [1.82, 2.24) is 0 Å². The topological polar surface area (TPSA) is 84.6 Å². The first-order chi connectivity index (χ1) is 9.52. The number of nitrogens with two attached hydrogens (primary N) is 1. The maximum atomic E-state index is 12.2. The van der Waals surface area contributed by atoms with Crippen molar-refractivity contribution in [3.8, 4) is 11.5 Å². The molecule has 0 atom stereocenters. The average molecular weight is 337 g/mol. The summed E-state index contributed by atoms with van der Waals surface area (Å²) in [6, 6.07) is 9.75. The Hall–Kier alpha value is -2.21. The molecule has 2 aromatic carbocycles. The molecule has 0 bridgehead atoms. The summed E-state index contributed by atoms with van der Waals surface area (Å²) >= 11 is 3.31. The molecule has 0 unspecified atom stereocenters. The quantitative estimate of drug-likeness (QED) is 0.752. The first-order valence-corrected chi connectivity index (χ1v) is 6.54. The maximum Gasteiger partial charge on any atom is 0.259 e. The van der Waals surface area contributed by atoms with E-state index >= 15 is 0 Å². The summed E-state index contributed by atoms with van der Waals surface area (Å²) in [5, 5.41) is 12.6. The van der Waals surface area contributed by atoms with Crippen molar-refractivity contribution >= 4 is 33.2 Å². The Balaban J connectivity index is 2.28. The lowest BCUT2D eigenvalue weighted by atomic mass is 10.1. The van der Waals surface area contributed by atoms with E-state index in [0.717, 1.165) is 0 Å².